The van der Waals surface area contributed by atoms with Crippen LogP contribution < -0.4 is 10.1 Å². The minimum absolute atomic E-state index is 0.00605. The number of methoxy groups -OCH3 is 1. The summed E-state index contributed by atoms with van der Waals surface area (Å²) < 4.78 is 34.4. The third kappa shape index (κ3) is 6.64. The monoisotopic (exact) mass is 517 g/mol. The molecule has 2 aliphatic heterocycles. The van der Waals surface area contributed by atoms with Gasteiger partial charge in [0.2, 0.25) is 0 Å². The first-order chi connectivity index (χ1) is 17.7. The van der Waals surface area contributed by atoms with E-state index in [1.54, 1.807) is 19.2 Å². The van der Waals surface area contributed by atoms with Gasteiger partial charge in [0.15, 0.2) is 0 Å². The zero-order valence-electron chi connectivity index (χ0n) is 22.4. The molecule has 2 saturated heterocycles. The highest BCUT2D eigenvalue weighted by Gasteiger charge is 2.72. The fourth-order valence-corrected chi connectivity index (χ4v) is 5.47. The smallest absolute Gasteiger partial charge is 0.325 e. The lowest BCUT2D eigenvalue weighted by atomic mass is 9.68. The van der Waals surface area contributed by atoms with E-state index in [9.17, 15) is 9.59 Å². The Balaban J connectivity index is 1.29. The number of hydrogen-bond donors (Lipinski definition) is 1. The summed E-state index contributed by atoms with van der Waals surface area (Å²) >= 11 is 0. The minimum Gasteiger partial charge on any atom is -0.490 e. The second-order valence-corrected chi connectivity index (χ2v) is 10.5. The maximum Gasteiger partial charge on any atom is 0.325 e. The van der Waals surface area contributed by atoms with Crippen molar-refractivity contribution in [3.8, 4) is 5.75 Å². The molecule has 1 aromatic rings. The van der Waals surface area contributed by atoms with Gasteiger partial charge < -0.3 is 33.7 Å². The number of anilines is 1. The van der Waals surface area contributed by atoms with Gasteiger partial charge in [-0.3, -0.25) is 9.59 Å². The number of carbonyl (C=O) groups excluding carboxylic acids is 2. The van der Waals surface area contributed by atoms with Crippen molar-refractivity contribution in [1.29, 1.82) is 0 Å². The van der Waals surface area contributed by atoms with Gasteiger partial charge >= 0.3 is 11.9 Å². The predicted octanol–water partition coefficient (Wildman–Crippen LogP) is 3.66. The first-order valence-electron chi connectivity index (χ1n) is 12.9. The van der Waals surface area contributed by atoms with Crippen molar-refractivity contribution in [3.63, 3.8) is 0 Å². The second kappa shape index (κ2) is 11.4. The SMILES string of the molecule is CO[C@@H]1[C@H](OC(=O)CNc2ccc(OCCOC(C)=O)cc2)CC[C@]2(CO2)[C@H]1[C@]1(C)O[C@@H]1CC=C(C)C. The number of benzene rings is 1. The Kier molecular flexibility index (Phi) is 8.46. The van der Waals surface area contributed by atoms with E-state index in [0.29, 0.717) is 18.8 Å². The van der Waals surface area contributed by atoms with Crippen molar-refractivity contribution in [1.82, 2.24) is 0 Å². The molecule has 37 heavy (non-hydrogen) atoms. The number of carbonyl (C=O) groups is 2. The molecule has 0 bridgehead atoms. The minimum atomic E-state index is -0.367. The summed E-state index contributed by atoms with van der Waals surface area (Å²) in [5.41, 5.74) is 1.41. The van der Waals surface area contributed by atoms with E-state index in [0.717, 1.165) is 18.5 Å². The summed E-state index contributed by atoms with van der Waals surface area (Å²) in [6, 6.07) is 7.20. The highest BCUT2D eigenvalue weighted by molar-refractivity contribution is 5.75. The molecular weight excluding hydrogens is 478 g/mol. The van der Waals surface area contributed by atoms with Gasteiger partial charge in [-0.2, -0.15) is 0 Å². The molecule has 3 fully saturated rings. The Labute approximate surface area is 218 Å². The van der Waals surface area contributed by atoms with Crippen molar-refractivity contribution in [3.05, 3.63) is 35.9 Å². The van der Waals surface area contributed by atoms with Gasteiger partial charge in [-0.15, -0.1) is 0 Å². The van der Waals surface area contributed by atoms with Crippen LogP contribution in [0.2, 0.25) is 0 Å². The summed E-state index contributed by atoms with van der Waals surface area (Å²) in [5.74, 6) is -0.0438. The van der Waals surface area contributed by atoms with Crippen LogP contribution in [0.25, 0.3) is 0 Å². The van der Waals surface area contributed by atoms with E-state index in [4.69, 9.17) is 28.4 Å². The molecule has 1 spiro atoms. The van der Waals surface area contributed by atoms with Crippen molar-refractivity contribution in [2.45, 2.75) is 76.5 Å². The van der Waals surface area contributed by atoms with E-state index in [1.807, 2.05) is 12.1 Å². The molecule has 0 radical (unpaired) electrons. The van der Waals surface area contributed by atoms with Gasteiger partial charge in [-0.25, -0.2) is 0 Å². The van der Waals surface area contributed by atoms with Gasteiger partial charge in [0.05, 0.1) is 18.6 Å². The summed E-state index contributed by atoms with van der Waals surface area (Å²) in [7, 11) is 1.67. The summed E-state index contributed by atoms with van der Waals surface area (Å²) in [4.78, 5) is 23.6. The number of hydrogen-bond acceptors (Lipinski definition) is 9. The number of rotatable bonds is 12. The molecular formula is C28H39NO8. The molecule has 9 nitrogen and oxygen atoms in total. The molecule has 2 heterocycles. The fourth-order valence-electron chi connectivity index (χ4n) is 5.47. The number of allylic oxidation sites excluding steroid dienone is 1. The second-order valence-electron chi connectivity index (χ2n) is 10.5. The Morgan fingerprint density at radius 3 is 2.51 bits per heavy atom. The zero-order chi connectivity index (χ0) is 26.6. The Morgan fingerprint density at radius 2 is 1.89 bits per heavy atom. The van der Waals surface area contributed by atoms with Crippen LogP contribution in [0, 0.1) is 5.92 Å². The molecule has 4 rings (SSSR count). The lowest BCUT2D eigenvalue weighted by Crippen LogP contribution is -2.55. The van der Waals surface area contributed by atoms with Gasteiger partial charge in [-0.1, -0.05) is 11.6 Å². The van der Waals surface area contributed by atoms with Crippen LogP contribution in [-0.4, -0.2) is 74.9 Å². The Bertz CT molecular complexity index is 984. The normalized spacial score (nSPS) is 31.8. The molecule has 1 aliphatic carbocycles. The highest BCUT2D eigenvalue weighted by Crippen LogP contribution is 2.59. The van der Waals surface area contributed by atoms with Crippen LogP contribution in [-0.2, 0) is 33.3 Å². The Hall–Kier alpha value is -2.62. The van der Waals surface area contributed by atoms with Gasteiger partial charge in [0, 0.05) is 19.7 Å². The van der Waals surface area contributed by atoms with E-state index >= 15 is 0 Å². The third-order valence-corrected chi connectivity index (χ3v) is 7.47. The predicted molar refractivity (Wildman–Crippen MR) is 136 cm³/mol. The lowest BCUT2D eigenvalue weighted by molar-refractivity contribution is -0.170. The molecule has 204 valence electrons. The average molecular weight is 518 g/mol. The lowest BCUT2D eigenvalue weighted by Gasteiger charge is -2.42. The van der Waals surface area contributed by atoms with E-state index in [-0.39, 0.29) is 67.1 Å². The van der Waals surface area contributed by atoms with Gasteiger partial charge in [0.1, 0.15) is 48.9 Å². The molecule has 3 aliphatic rings. The molecule has 0 amide bonds. The average Bonchev–Trinajstić information content (AvgIpc) is 3.78. The summed E-state index contributed by atoms with van der Waals surface area (Å²) in [5, 5.41) is 3.10. The van der Waals surface area contributed by atoms with Crippen LogP contribution in [0.3, 0.4) is 0 Å². The number of epoxide rings is 2. The van der Waals surface area contributed by atoms with E-state index < -0.39 is 0 Å². The topological polar surface area (TPSA) is 108 Å². The molecule has 1 N–H and O–H groups in total. The first-order valence-corrected chi connectivity index (χ1v) is 12.9. The highest BCUT2D eigenvalue weighted by atomic mass is 16.6. The molecule has 9 heteroatoms. The third-order valence-electron chi connectivity index (χ3n) is 7.47. The number of ether oxygens (including phenoxy) is 6. The molecule has 1 saturated carbocycles. The Morgan fingerprint density at radius 1 is 1.16 bits per heavy atom. The summed E-state index contributed by atoms with van der Waals surface area (Å²) in [6.07, 6.45) is 4.00. The molecule has 0 unspecified atom stereocenters. The van der Waals surface area contributed by atoms with Crippen LogP contribution >= 0.6 is 0 Å². The van der Waals surface area contributed by atoms with Crippen LogP contribution in [0.4, 0.5) is 5.69 Å². The van der Waals surface area contributed by atoms with E-state index in [2.05, 4.69) is 32.2 Å². The van der Waals surface area contributed by atoms with Crippen molar-refractivity contribution in [2.75, 3.05) is 38.8 Å². The van der Waals surface area contributed by atoms with E-state index in [1.165, 1.54) is 12.5 Å². The number of nitrogens with one attached hydrogen (secondary N) is 1. The van der Waals surface area contributed by atoms with Crippen molar-refractivity contribution in [2.24, 2.45) is 5.92 Å². The maximum atomic E-state index is 12.8. The summed E-state index contributed by atoms with van der Waals surface area (Å²) in [6.45, 7) is 8.85. The maximum absolute atomic E-state index is 12.8. The molecule has 1 aromatic carbocycles. The molecule has 6 atom stereocenters. The largest absolute Gasteiger partial charge is 0.490 e. The van der Waals surface area contributed by atoms with Crippen LogP contribution in [0.15, 0.2) is 35.9 Å². The fraction of sp³-hybridized carbons (Fsp3) is 0.643. The standard InChI is InChI=1S/C28H39NO8/c1-18(2)6-11-23-27(4,37-23)26-25(32-5)22(12-13-28(26)17-35-28)36-24(31)16-29-20-7-9-21(10-8-20)34-15-14-33-19(3)30/h6-10,22-23,25-26,29H,11-17H2,1-5H3/t22-,23-,25-,26-,27-,28+/m1/s1. The van der Waals surface area contributed by atoms with Crippen molar-refractivity contribution >= 4 is 17.6 Å². The quantitative estimate of drug-likeness (QED) is 0.192. The molecule has 0 aromatic heterocycles. The van der Waals surface area contributed by atoms with Crippen LogP contribution in [0.1, 0.15) is 47.0 Å². The van der Waals surface area contributed by atoms with Gasteiger partial charge in [-0.05, 0) is 64.3 Å². The number of esters is 2. The van der Waals surface area contributed by atoms with Crippen LogP contribution in [0.5, 0.6) is 5.75 Å². The van der Waals surface area contributed by atoms with Gasteiger partial charge in [0.25, 0.3) is 0 Å². The van der Waals surface area contributed by atoms with Crippen molar-refractivity contribution < 1.29 is 38.0 Å². The zero-order valence-corrected chi connectivity index (χ0v) is 22.4. The first kappa shape index (κ1) is 27.4.